The highest BCUT2D eigenvalue weighted by atomic mass is 35.5. The Morgan fingerprint density at radius 3 is 2.83 bits per heavy atom. The lowest BCUT2D eigenvalue weighted by molar-refractivity contribution is -0.138. The monoisotopic (exact) mass is 496 g/mol. The van der Waals surface area contributed by atoms with Gasteiger partial charge in [-0.15, -0.1) is 0 Å². The van der Waals surface area contributed by atoms with Crippen molar-refractivity contribution in [3.8, 4) is 5.75 Å². The smallest absolute Gasteiger partial charge is 0.227 e. The Hall–Kier alpha value is -2.04. The SMILES string of the molecule is Cc1cccc(CN2CCC[C@@H](C(=O)N(Cc3cc(Cl)c4c(c3)CCCCO4)CC(C)C)C2)c1C. The molecule has 2 aromatic carbocycles. The van der Waals surface area contributed by atoms with E-state index in [4.69, 9.17) is 16.3 Å². The first-order chi connectivity index (χ1) is 16.8. The molecule has 0 N–H and O–H groups in total. The zero-order chi connectivity index (χ0) is 24.9. The third-order valence-electron chi connectivity index (χ3n) is 7.50. The Morgan fingerprint density at radius 1 is 1.20 bits per heavy atom. The molecule has 2 heterocycles. The molecule has 4 nitrogen and oxygen atoms in total. The third-order valence-corrected chi connectivity index (χ3v) is 7.78. The molecule has 0 radical (unpaired) electrons. The Kier molecular flexibility index (Phi) is 8.77. The molecule has 1 atom stereocenters. The van der Waals surface area contributed by atoms with Crippen LogP contribution in [0.2, 0.25) is 5.02 Å². The fraction of sp³-hybridized carbons (Fsp3) is 0.567. The van der Waals surface area contributed by atoms with Gasteiger partial charge in [0.1, 0.15) is 5.75 Å². The first-order valence-electron chi connectivity index (χ1n) is 13.3. The van der Waals surface area contributed by atoms with E-state index in [0.717, 1.165) is 76.2 Å². The Bertz CT molecular complexity index is 1040. The molecule has 2 aromatic rings. The van der Waals surface area contributed by atoms with Crippen LogP contribution in [0.15, 0.2) is 30.3 Å². The van der Waals surface area contributed by atoms with Crippen molar-refractivity contribution < 1.29 is 9.53 Å². The number of nitrogens with zero attached hydrogens (tertiary/aromatic N) is 2. The zero-order valence-corrected chi connectivity index (χ0v) is 22.7. The zero-order valence-electron chi connectivity index (χ0n) is 21.9. The summed E-state index contributed by atoms with van der Waals surface area (Å²) in [5.74, 6) is 1.58. The number of halogens is 1. The minimum absolute atomic E-state index is 0.0484. The molecule has 0 bridgehead atoms. The quantitative estimate of drug-likeness (QED) is 0.434. The maximum absolute atomic E-state index is 13.8. The summed E-state index contributed by atoms with van der Waals surface area (Å²) >= 11 is 6.62. The normalized spacial score (nSPS) is 18.6. The van der Waals surface area contributed by atoms with Crippen molar-refractivity contribution >= 4 is 17.5 Å². The fourth-order valence-corrected chi connectivity index (χ4v) is 5.84. The van der Waals surface area contributed by atoms with Gasteiger partial charge in [0.05, 0.1) is 17.5 Å². The molecule has 1 amide bonds. The topological polar surface area (TPSA) is 32.8 Å². The van der Waals surface area contributed by atoms with Gasteiger partial charge in [-0.2, -0.15) is 0 Å². The second-order valence-electron chi connectivity index (χ2n) is 10.9. The van der Waals surface area contributed by atoms with Gasteiger partial charge in [-0.05, 0) is 92.3 Å². The van der Waals surface area contributed by atoms with Crippen LogP contribution in [0, 0.1) is 25.7 Å². The van der Waals surface area contributed by atoms with Crippen LogP contribution in [0.25, 0.3) is 0 Å². The van der Waals surface area contributed by atoms with Crippen molar-refractivity contribution in [2.45, 2.75) is 72.9 Å². The molecule has 0 unspecified atom stereocenters. The summed E-state index contributed by atoms with van der Waals surface area (Å²) in [5.41, 5.74) is 6.36. The molecule has 0 spiro atoms. The molecule has 2 aliphatic rings. The molecule has 4 rings (SSSR count). The highest BCUT2D eigenvalue weighted by molar-refractivity contribution is 6.32. The second kappa shape index (κ2) is 11.8. The van der Waals surface area contributed by atoms with Crippen molar-refractivity contribution in [2.24, 2.45) is 11.8 Å². The Balaban J connectivity index is 1.48. The van der Waals surface area contributed by atoms with E-state index in [2.05, 4.69) is 61.8 Å². The van der Waals surface area contributed by atoms with Gasteiger partial charge in [0, 0.05) is 26.2 Å². The lowest BCUT2D eigenvalue weighted by Crippen LogP contribution is -2.45. The summed E-state index contributed by atoms with van der Waals surface area (Å²) in [6.07, 6.45) is 5.18. The molecule has 190 valence electrons. The summed E-state index contributed by atoms with van der Waals surface area (Å²) < 4.78 is 5.90. The van der Waals surface area contributed by atoms with E-state index >= 15 is 0 Å². The summed E-state index contributed by atoms with van der Waals surface area (Å²) in [6, 6.07) is 10.8. The summed E-state index contributed by atoms with van der Waals surface area (Å²) in [4.78, 5) is 18.4. The molecule has 5 heteroatoms. The van der Waals surface area contributed by atoms with Gasteiger partial charge in [0.25, 0.3) is 0 Å². The van der Waals surface area contributed by atoms with E-state index in [1.807, 2.05) is 6.07 Å². The maximum Gasteiger partial charge on any atom is 0.227 e. The fourth-order valence-electron chi connectivity index (χ4n) is 5.52. The maximum atomic E-state index is 13.8. The Morgan fingerprint density at radius 2 is 2.03 bits per heavy atom. The Labute approximate surface area is 216 Å². The molecule has 0 aliphatic carbocycles. The number of ether oxygens (including phenoxy) is 1. The van der Waals surface area contributed by atoms with Crippen molar-refractivity contribution in [3.63, 3.8) is 0 Å². The molecule has 2 aliphatic heterocycles. The molecule has 0 saturated carbocycles. The molecular formula is C30H41ClN2O2. The van der Waals surface area contributed by atoms with Crippen LogP contribution in [0.1, 0.15) is 67.3 Å². The summed E-state index contributed by atoms with van der Waals surface area (Å²) in [7, 11) is 0. The van der Waals surface area contributed by atoms with E-state index in [1.165, 1.54) is 22.3 Å². The van der Waals surface area contributed by atoms with Gasteiger partial charge < -0.3 is 9.64 Å². The second-order valence-corrected chi connectivity index (χ2v) is 11.3. The number of hydrogen-bond donors (Lipinski definition) is 0. The number of rotatable bonds is 7. The molecular weight excluding hydrogens is 456 g/mol. The van der Waals surface area contributed by atoms with Gasteiger partial charge in [-0.1, -0.05) is 49.7 Å². The van der Waals surface area contributed by atoms with E-state index < -0.39 is 0 Å². The average Bonchev–Trinajstić information content (AvgIpc) is 3.07. The number of carbonyl (C=O) groups is 1. The van der Waals surface area contributed by atoms with Crippen LogP contribution in [0.3, 0.4) is 0 Å². The number of likely N-dealkylation sites (tertiary alicyclic amines) is 1. The highest BCUT2D eigenvalue weighted by Gasteiger charge is 2.30. The highest BCUT2D eigenvalue weighted by Crippen LogP contribution is 2.34. The average molecular weight is 497 g/mol. The molecule has 1 fully saturated rings. The van der Waals surface area contributed by atoms with Gasteiger partial charge in [-0.25, -0.2) is 0 Å². The number of piperidine rings is 1. The lowest BCUT2D eigenvalue weighted by Gasteiger charge is -2.36. The number of fused-ring (bicyclic) bond motifs is 1. The predicted molar refractivity (Wildman–Crippen MR) is 144 cm³/mol. The van der Waals surface area contributed by atoms with Gasteiger partial charge in [0.2, 0.25) is 5.91 Å². The molecule has 35 heavy (non-hydrogen) atoms. The van der Waals surface area contributed by atoms with Crippen LogP contribution >= 0.6 is 11.6 Å². The molecule has 0 aromatic heterocycles. The van der Waals surface area contributed by atoms with Gasteiger partial charge >= 0.3 is 0 Å². The number of benzene rings is 2. The van der Waals surface area contributed by atoms with Crippen LogP contribution < -0.4 is 4.74 Å². The van der Waals surface area contributed by atoms with Crippen LogP contribution in [-0.4, -0.2) is 41.9 Å². The number of aryl methyl sites for hydroxylation is 2. The summed E-state index contributed by atoms with van der Waals surface area (Å²) in [5, 5.41) is 0.675. The van der Waals surface area contributed by atoms with Gasteiger partial charge in [-0.3, -0.25) is 9.69 Å². The largest absolute Gasteiger partial charge is 0.492 e. The number of carbonyl (C=O) groups excluding carboxylic acids is 1. The standard InChI is InChI=1S/C30H41ClN2O2/c1-21(2)17-33(18-24-15-25-10-5-6-14-35-29(25)28(31)16-24)30(34)27-12-8-13-32(20-27)19-26-11-7-9-22(3)23(26)4/h7,9,11,15-16,21,27H,5-6,8,10,12-14,17-20H2,1-4H3/t27-/m1/s1. The first kappa shape index (κ1) is 26.0. The predicted octanol–water partition coefficient (Wildman–Crippen LogP) is 6.57. The van der Waals surface area contributed by atoms with Crippen molar-refractivity contribution in [3.05, 3.63) is 63.2 Å². The molecule has 1 saturated heterocycles. The lowest BCUT2D eigenvalue weighted by atomic mass is 9.94. The van der Waals surface area contributed by atoms with E-state index in [-0.39, 0.29) is 11.8 Å². The van der Waals surface area contributed by atoms with Crippen molar-refractivity contribution in [1.82, 2.24) is 9.80 Å². The number of hydrogen-bond acceptors (Lipinski definition) is 3. The van der Waals surface area contributed by atoms with Gasteiger partial charge in [0.15, 0.2) is 0 Å². The van der Waals surface area contributed by atoms with Crippen LogP contribution in [-0.2, 0) is 24.3 Å². The van der Waals surface area contributed by atoms with Crippen molar-refractivity contribution in [1.29, 1.82) is 0 Å². The first-order valence-corrected chi connectivity index (χ1v) is 13.7. The minimum Gasteiger partial charge on any atom is -0.492 e. The van der Waals surface area contributed by atoms with Crippen molar-refractivity contribution in [2.75, 3.05) is 26.2 Å². The van der Waals surface area contributed by atoms with Crippen LogP contribution in [0.5, 0.6) is 5.75 Å². The van der Waals surface area contributed by atoms with Crippen LogP contribution in [0.4, 0.5) is 0 Å². The van der Waals surface area contributed by atoms with E-state index in [9.17, 15) is 4.79 Å². The van der Waals surface area contributed by atoms with E-state index in [1.54, 1.807) is 0 Å². The van der Waals surface area contributed by atoms with E-state index in [0.29, 0.717) is 17.5 Å². The summed E-state index contributed by atoms with van der Waals surface area (Å²) in [6.45, 7) is 13.7. The number of amides is 1. The third kappa shape index (κ3) is 6.59. The minimum atomic E-state index is 0.0484.